The Hall–Kier alpha value is -0.120. The van der Waals surface area contributed by atoms with Crippen molar-refractivity contribution in [1.29, 1.82) is 0 Å². The quantitative estimate of drug-likeness (QED) is 0.638. The number of hydrogen-bond donors (Lipinski definition) is 1. The van der Waals surface area contributed by atoms with E-state index in [1.165, 1.54) is 0 Å². The summed E-state index contributed by atoms with van der Waals surface area (Å²) in [6.07, 6.45) is 0.744. The van der Waals surface area contributed by atoms with Crippen LogP contribution in [0.5, 0.6) is 0 Å². The third-order valence-corrected chi connectivity index (χ3v) is 2.65. The van der Waals surface area contributed by atoms with Gasteiger partial charge in [-0.2, -0.15) is 0 Å². The molecular weight excluding hydrogens is 154 g/mol. The Morgan fingerprint density at radius 3 is 1.83 bits per heavy atom. The number of nitrogens with zero attached hydrogens (tertiary/aromatic N) is 1. The molecule has 0 bridgehead atoms. The van der Waals surface area contributed by atoms with Gasteiger partial charge in [0.2, 0.25) is 0 Å². The molecule has 1 unspecified atom stereocenters. The molecule has 3 nitrogen and oxygen atoms in total. The molecule has 76 valence electrons. The summed E-state index contributed by atoms with van der Waals surface area (Å²) in [7, 11) is 2.19. The van der Waals surface area contributed by atoms with Crippen LogP contribution in [0.3, 0.4) is 0 Å². The second kappa shape index (κ2) is 6.40. The van der Waals surface area contributed by atoms with Crippen molar-refractivity contribution in [3.05, 3.63) is 0 Å². The fraction of sp³-hybridized carbons (Fsp3) is 1.00. The van der Waals surface area contributed by atoms with Gasteiger partial charge >= 0.3 is 0 Å². The molecule has 0 aromatic heterocycles. The van der Waals surface area contributed by atoms with Crippen LogP contribution >= 0.6 is 0 Å². The van der Waals surface area contributed by atoms with Gasteiger partial charge in [0.1, 0.15) is 12.6 Å². The molecule has 1 atom stereocenters. The normalized spacial score (nSPS) is 13.8. The van der Waals surface area contributed by atoms with Crippen LogP contribution in [0.25, 0.3) is 0 Å². The maximum Gasteiger partial charge on any atom is 0.105 e. The van der Waals surface area contributed by atoms with E-state index >= 15 is 0 Å². The van der Waals surface area contributed by atoms with Crippen LogP contribution in [-0.4, -0.2) is 47.9 Å². The third kappa shape index (κ3) is 4.70. The first-order chi connectivity index (χ1) is 5.08. The van der Waals surface area contributed by atoms with Crippen LogP contribution in [0, 0.1) is 0 Å². The fourth-order valence-corrected chi connectivity index (χ4v) is 1.12. The van der Waals surface area contributed by atoms with Gasteiger partial charge in [0.05, 0.1) is 20.1 Å². The lowest BCUT2D eigenvalue weighted by atomic mass is 10.2. The van der Waals surface area contributed by atoms with Crippen LogP contribution in [0.4, 0.5) is 0 Å². The van der Waals surface area contributed by atoms with Crippen molar-refractivity contribution in [2.75, 3.05) is 26.7 Å². The van der Waals surface area contributed by atoms with Crippen molar-refractivity contribution in [2.24, 2.45) is 0 Å². The van der Waals surface area contributed by atoms with Gasteiger partial charge in [-0.25, -0.2) is 0 Å². The minimum atomic E-state index is -0.125. The minimum absolute atomic E-state index is 0. The molecule has 0 amide bonds. The molecule has 0 aliphatic heterocycles. The standard InChI is InChI=1S/C9H22NO.H2O/c1-5-9(11)8-10(4,6-2)7-3;/h9,11H,5-8H2,1-4H3;1H2/q+1;/p-1. The number of hydrogen-bond acceptors (Lipinski definition) is 2. The molecular formula is C9H23NO2. The van der Waals surface area contributed by atoms with Gasteiger partial charge in [-0.05, 0) is 20.3 Å². The Balaban J connectivity index is 0. The van der Waals surface area contributed by atoms with E-state index in [0.29, 0.717) is 0 Å². The van der Waals surface area contributed by atoms with Gasteiger partial charge in [0.25, 0.3) is 0 Å². The van der Waals surface area contributed by atoms with Gasteiger partial charge in [-0.1, -0.05) is 6.92 Å². The molecule has 0 radical (unpaired) electrons. The molecule has 0 saturated carbocycles. The highest BCUT2D eigenvalue weighted by Crippen LogP contribution is 2.04. The lowest BCUT2D eigenvalue weighted by Crippen LogP contribution is -2.48. The smallest absolute Gasteiger partial charge is 0.105 e. The molecule has 0 aliphatic carbocycles. The van der Waals surface area contributed by atoms with E-state index in [1.807, 2.05) is 6.92 Å². The van der Waals surface area contributed by atoms with Gasteiger partial charge in [-0.15, -0.1) is 0 Å². The van der Waals surface area contributed by atoms with Crippen molar-refractivity contribution in [1.82, 2.24) is 0 Å². The molecule has 0 fully saturated rings. The average Bonchev–Trinajstić information content (AvgIpc) is 2.04. The van der Waals surface area contributed by atoms with Crippen LogP contribution in [0.1, 0.15) is 27.2 Å². The van der Waals surface area contributed by atoms with E-state index in [4.69, 9.17) is 0 Å². The van der Waals surface area contributed by atoms with Gasteiger partial charge in [0, 0.05) is 0 Å². The molecule has 0 rings (SSSR count). The van der Waals surface area contributed by atoms with Crippen LogP contribution in [0.15, 0.2) is 0 Å². The van der Waals surface area contributed by atoms with Crippen LogP contribution < -0.4 is 0 Å². The number of rotatable bonds is 5. The lowest BCUT2D eigenvalue weighted by molar-refractivity contribution is -0.909. The average molecular weight is 177 g/mol. The van der Waals surface area contributed by atoms with E-state index in [9.17, 15) is 5.11 Å². The maximum absolute atomic E-state index is 9.44. The highest BCUT2D eigenvalue weighted by atomic mass is 16.3. The SMILES string of the molecule is CCC(O)C[N+](C)(CC)CC.[OH-]. The molecule has 3 heteroatoms. The summed E-state index contributed by atoms with van der Waals surface area (Å²) < 4.78 is 0.981. The highest BCUT2D eigenvalue weighted by Gasteiger charge is 2.19. The fourth-order valence-electron chi connectivity index (χ4n) is 1.12. The van der Waals surface area contributed by atoms with Crippen molar-refractivity contribution < 1.29 is 15.1 Å². The highest BCUT2D eigenvalue weighted by molar-refractivity contribution is 4.49. The number of aliphatic hydroxyl groups excluding tert-OH is 1. The van der Waals surface area contributed by atoms with Crippen LogP contribution in [-0.2, 0) is 0 Å². The zero-order chi connectivity index (χ0) is 8.91. The largest absolute Gasteiger partial charge is 0.870 e. The summed E-state index contributed by atoms with van der Waals surface area (Å²) in [6, 6.07) is 0. The number of likely N-dealkylation sites (N-methyl/N-ethyl adjacent to an activating group) is 1. The monoisotopic (exact) mass is 177 g/mol. The van der Waals surface area contributed by atoms with Gasteiger partial charge in [-0.3, -0.25) is 0 Å². The summed E-state index contributed by atoms with van der Waals surface area (Å²) in [4.78, 5) is 0. The summed E-state index contributed by atoms with van der Waals surface area (Å²) in [5.74, 6) is 0. The molecule has 2 N–H and O–H groups in total. The Morgan fingerprint density at radius 1 is 1.17 bits per heavy atom. The second-order valence-corrected chi connectivity index (χ2v) is 3.50. The van der Waals surface area contributed by atoms with E-state index in [0.717, 1.165) is 30.5 Å². The van der Waals surface area contributed by atoms with Crippen molar-refractivity contribution in [3.63, 3.8) is 0 Å². The van der Waals surface area contributed by atoms with Crippen molar-refractivity contribution in [3.8, 4) is 0 Å². The Labute approximate surface area is 75.9 Å². The molecule has 12 heavy (non-hydrogen) atoms. The first-order valence-corrected chi connectivity index (χ1v) is 4.59. The molecule has 0 heterocycles. The lowest BCUT2D eigenvalue weighted by Gasteiger charge is -2.33. The number of quaternary nitrogens is 1. The van der Waals surface area contributed by atoms with Crippen molar-refractivity contribution >= 4 is 0 Å². The summed E-state index contributed by atoms with van der Waals surface area (Å²) in [5.41, 5.74) is 0. The zero-order valence-corrected chi connectivity index (χ0v) is 8.75. The predicted molar refractivity (Wildman–Crippen MR) is 50.4 cm³/mol. The maximum atomic E-state index is 9.44. The Kier molecular flexibility index (Phi) is 7.69. The van der Waals surface area contributed by atoms with E-state index in [2.05, 4.69) is 20.9 Å². The molecule has 0 aliphatic rings. The van der Waals surface area contributed by atoms with Gasteiger partial charge in [0.15, 0.2) is 0 Å². The first kappa shape index (κ1) is 14.4. The molecule has 0 saturated heterocycles. The third-order valence-electron chi connectivity index (χ3n) is 2.65. The Morgan fingerprint density at radius 2 is 1.58 bits per heavy atom. The number of aliphatic hydroxyl groups is 1. The molecule has 0 aromatic carbocycles. The van der Waals surface area contributed by atoms with E-state index in [1.54, 1.807) is 0 Å². The van der Waals surface area contributed by atoms with E-state index < -0.39 is 0 Å². The Bertz CT molecular complexity index is 103. The van der Waals surface area contributed by atoms with E-state index in [-0.39, 0.29) is 11.6 Å². The molecule has 0 spiro atoms. The van der Waals surface area contributed by atoms with Crippen LogP contribution in [0.2, 0.25) is 0 Å². The zero-order valence-electron chi connectivity index (χ0n) is 8.75. The molecule has 0 aromatic rings. The van der Waals surface area contributed by atoms with Gasteiger partial charge < -0.3 is 15.1 Å². The predicted octanol–water partition coefficient (Wildman–Crippen LogP) is 1.07. The summed E-state index contributed by atoms with van der Waals surface area (Å²) >= 11 is 0. The summed E-state index contributed by atoms with van der Waals surface area (Å²) in [6.45, 7) is 9.47. The first-order valence-electron chi connectivity index (χ1n) is 4.59. The second-order valence-electron chi connectivity index (χ2n) is 3.50. The van der Waals surface area contributed by atoms with Crippen molar-refractivity contribution in [2.45, 2.75) is 33.3 Å². The topological polar surface area (TPSA) is 50.2 Å². The minimum Gasteiger partial charge on any atom is -0.870 e. The summed E-state index contributed by atoms with van der Waals surface area (Å²) in [5, 5.41) is 9.44.